The molecule has 5 unspecified atom stereocenters. The Morgan fingerprint density at radius 2 is 1.00 bits per heavy atom. The van der Waals surface area contributed by atoms with E-state index in [2.05, 4.69) is 25.8 Å². The highest BCUT2D eigenvalue weighted by molar-refractivity contribution is 5.09. The average Bonchev–Trinajstić information content (AvgIpc) is 3.44. The molecule has 0 aromatic heterocycles. The first kappa shape index (κ1) is 31.1. The van der Waals surface area contributed by atoms with E-state index in [1.807, 2.05) is 0 Å². The second-order valence-electron chi connectivity index (χ2n) is 17.5. The molecule has 0 amide bonds. The minimum atomic E-state index is 0.883. The maximum Gasteiger partial charge on any atom is 0.0454 e. The Morgan fingerprint density at radius 3 is 1.64 bits per heavy atom. The van der Waals surface area contributed by atoms with Crippen molar-refractivity contribution in [2.45, 2.75) is 178 Å². The molecule has 0 aromatic rings. The van der Waals surface area contributed by atoms with Crippen LogP contribution in [0.4, 0.5) is 0 Å². The Kier molecular flexibility index (Phi) is 10.3. The number of likely N-dealkylation sites (tertiary alicyclic amines) is 1. The summed E-state index contributed by atoms with van der Waals surface area (Å²) in [7, 11) is 0. The highest BCUT2D eigenvalue weighted by Crippen LogP contribution is 2.51. The van der Waals surface area contributed by atoms with Gasteiger partial charge in [-0.1, -0.05) is 38.5 Å². The van der Waals surface area contributed by atoms with Crippen LogP contribution >= 0.6 is 0 Å². The maximum atomic E-state index is 3.91. The molecular formula is C39H69N5. The third-order valence-corrected chi connectivity index (χ3v) is 15.4. The third-order valence-electron chi connectivity index (χ3n) is 15.4. The number of hydrogen-bond donors (Lipinski definition) is 3. The molecule has 3 saturated heterocycles. The average molecular weight is 608 g/mol. The van der Waals surface area contributed by atoms with Crippen molar-refractivity contribution >= 4 is 0 Å². The Morgan fingerprint density at radius 1 is 0.432 bits per heavy atom. The van der Waals surface area contributed by atoms with Gasteiger partial charge >= 0.3 is 0 Å². The van der Waals surface area contributed by atoms with Gasteiger partial charge in [-0.3, -0.25) is 9.80 Å². The predicted molar refractivity (Wildman–Crippen MR) is 183 cm³/mol. The van der Waals surface area contributed by atoms with E-state index in [1.165, 1.54) is 167 Å². The Bertz CT molecular complexity index is 859. The molecule has 8 aliphatic rings. The van der Waals surface area contributed by atoms with Crippen molar-refractivity contribution in [1.29, 1.82) is 0 Å². The summed E-state index contributed by atoms with van der Waals surface area (Å²) in [5.41, 5.74) is 0. The predicted octanol–water partition coefficient (Wildman–Crippen LogP) is 6.92. The normalized spacial score (nSPS) is 44.0. The van der Waals surface area contributed by atoms with Gasteiger partial charge in [-0.25, -0.2) is 0 Å². The van der Waals surface area contributed by atoms with Gasteiger partial charge in [0.15, 0.2) is 0 Å². The molecule has 0 radical (unpaired) electrons. The van der Waals surface area contributed by atoms with E-state index in [-0.39, 0.29) is 0 Å². The van der Waals surface area contributed by atoms with Crippen LogP contribution in [-0.4, -0.2) is 78.9 Å². The van der Waals surface area contributed by atoms with Gasteiger partial charge in [0.05, 0.1) is 0 Å². The van der Waals surface area contributed by atoms with Crippen molar-refractivity contribution in [2.24, 2.45) is 35.5 Å². The molecule has 3 heterocycles. The van der Waals surface area contributed by atoms with Crippen LogP contribution in [0.1, 0.15) is 141 Å². The monoisotopic (exact) mass is 608 g/mol. The summed E-state index contributed by atoms with van der Waals surface area (Å²) in [5, 5.41) is 11.1. The van der Waals surface area contributed by atoms with Gasteiger partial charge in [0, 0.05) is 56.0 Å². The maximum absolute atomic E-state index is 3.91. The molecule has 3 aliphatic heterocycles. The van der Waals surface area contributed by atoms with Crippen molar-refractivity contribution in [3.05, 3.63) is 0 Å². The van der Waals surface area contributed by atoms with E-state index < -0.39 is 0 Å². The summed E-state index contributed by atoms with van der Waals surface area (Å²) in [6, 6.07) is 5.39. The van der Waals surface area contributed by atoms with Crippen LogP contribution in [0.2, 0.25) is 0 Å². The smallest absolute Gasteiger partial charge is 0.0454 e. The zero-order chi connectivity index (χ0) is 29.3. The number of rotatable bonds is 6. The standard InChI is InChI=1S/C39H69N5/c1-3-7-32(8-4-1)43(33-9-5-2-6-10-33)35-19-20-38-36(23-35)37-26-40-22-21-39(37)44(38)34-17-15-29(16-18-34)28-11-13-30(14-12-28)31-24-41-27-42-25-31/h28-42H,1-27H2. The molecule has 5 nitrogen and oxygen atoms in total. The molecule has 3 N–H and O–H groups in total. The van der Waals surface area contributed by atoms with Gasteiger partial charge in [-0.05, 0) is 151 Å². The molecule has 5 aliphatic carbocycles. The van der Waals surface area contributed by atoms with E-state index in [0.29, 0.717) is 0 Å². The first-order valence-electron chi connectivity index (χ1n) is 20.5. The van der Waals surface area contributed by atoms with Crippen LogP contribution in [0.15, 0.2) is 0 Å². The van der Waals surface area contributed by atoms with Crippen LogP contribution in [0.25, 0.3) is 0 Å². The topological polar surface area (TPSA) is 42.6 Å². The van der Waals surface area contributed by atoms with E-state index in [9.17, 15) is 0 Å². The van der Waals surface area contributed by atoms with Crippen LogP contribution < -0.4 is 16.0 Å². The van der Waals surface area contributed by atoms with Crippen LogP contribution in [0.3, 0.4) is 0 Å². The summed E-state index contributed by atoms with van der Waals surface area (Å²) in [6.07, 6.45) is 33.1. The lowest BCUT2D eigenvalue weighted by Gasteiger charge is -2.50. The molecule has 8 fully saturated rings. The van der Waals surface area contributed by atoms with E-state index in [4.69, 9.17) is 0 Å². The molecule has 5 saturated carbocycles. The Hall–Kier alpha value is -0.200. The van der Waals surface area contributed by atoms with Crippen molar-refractivity contribution in [1.82, 2.24) is 25.8 Å². The van der Waals surface area contributed by atoms with Crippen molar-refractivity contribution < 1.29 is 0 Å². The first-order chi connectivity index (χ1) is 21.8. The summed E-state index contributed by atoms with van der Waals surface area (Å²) < 4.78 is 0. The second kappa shape index (κ2) is 14.5. The van der Waals surface area contributed by atoms with E-state index in [0.717, 1.165) is 78.4 Å². The fourth-order valence-corrected chi connectivity index (χ4v) is 13.4. The molecule has 0 spiro atoms. The van der Waals surface area contributed by atoms with Crippen molar-refractivity contribution in [3.63, 3.8) is 0 Å². The van der Waals surface area contributed by atoms with Gasteiger partial charge in [0.2, 0.25) is 0 Å². The number of nitrogens with zero attached hydrogens (tertiary/aromatic N) is 2. The quantitative estimate of drug-likeness (QED) is 0.306. The van der Waals surface area contributed by atoms with Crippen LogP contribution in [0, 0.1) is 35.5 Å². The van der Waals surface area contributed by atoms with Crippen molar-refractivity contribution in [3.8, 4) is 0 Å². The lowest BCUT2D eigenvalue weighted by Crippen LogP contribution is -2.55. The molecule has 0 bridgehead atoms. The molecule has 250 valence electrons. The summed E-state index contributed by atoms with van der Waals surface area (Å²) in [5.74, 6) is 5.81. The zero-order valence-corrected chi connectivity index (χ0v) is 28.4. The summed E-state index contributed by atoms with van der Waals surface area (Å²) in [6.45, 7) is 6.10. The summed E-state index contributed by atoms with van der Waals surface area (Å²) >= 11 is 0. The highest BCUT2D eigenvalue weighted by Gasteiger charge is 2.54. The molecule has 44 heavy (non-hydrogen) atoms. The minimum Gasteiger partial charge on any atom is -0.316 e. The molecule has 5 atom stereocenters. The number of fused-ring (bicyclic) bond motifs is 3. The fraction of sp³-hybridized carbons (Fsp3) is 1.00. The van der Waals surface area contributed by atoms with Gasteiger partial charge in [-0.15, -0.1) is 0 Å². The minimum absolute atomic E-state index is 0.883. The molecule has 8 rings (SSSR count). The Balaban J connectivity index is 0.904. The van der Waals surface area contributed by atoms with E-state index >= 15 is 0 Å². The number of hydrogen-bond acceptors (Lipinski definition) is 5. The molecule has 5 heteroatoms. The summed E-state index contributed by atoms with van der Waals surface area (Å²) in [4.78, 5) is 6.50. The largest absolute Gasteiger partial charge is 0.316 e. The number of nitrogens with one attached hydrogen (secondary N) is 3. The third kappa shape index (κ3) is 6.46. The fourth-order valence-electron chi connectivity index (χ4n) is 13.4. The van der Waals surface area contributed by atoms with E-state index in [1.54, 1.807) is 0 Å². The molecule has 0 aromatic carbocycles. The zero-order valence-electron chi connectivity index (χ0n) is 28.4. The van der Waals surface area contributed by atoms with Gasteiger partial charge in [-0.2, -0.15) is 0 Å². The lowest BCUT2D eigenvalue weighted by atomic mass is 9.67. The van der Waals surface area contributed by atoms with Gasteiger partial charge in [0.1, 0.15) is 0 Å². The SMILES string of the molecule is C1CCC(N(C2CCCCC2)C2CCC3C(C2)C2CNCCC2N3C2CCC(C3CCC(C4CNCNC4)CC3)CC2)CC1. The lowest BCUT2D eigenvalue weighted by molar-refractivity contribution is -0.00832. The van der Waals surface area contributed by atoms with Crippen molar-refractivity contribution in [2.75, 3.05) is 32.8 Å². The second-order valence-corrected chi connectivity index (χ2v) is 17.5. The van der Waals surface area contributed by atoms with Gasteiger partial charge in [0.25, 0.3) is 0 Å². The first-order valence-corrected chi connectivity index (χ1v) is 20.5. The van der Waals surface area contributed by atoms with Crippen LogP contribution in [-0.2, 0) is 0 Å². The Labute approximate surface area is 271 Å². The number of piperidine rings is 1. The van der Waals surface area contributed by atoms with Crippen LogP contribution in [0.5, 0.6) is 0 Å². The molecular weight excluding hydrogens is 538 g/mol. The highest BCUT2D eigenvalue weighted by atomic mass is 15.3. The van der Waals surface area contributed by atoms with Gasteiger partial charge < -0.3 is 16.0 Å².